The van der Waals surface area contributed by atoms with E-state index >= 15 is 0 Å². The summed E-state index contributed by atoms with van der Waals surface area (Å²) in [5.41, 5.74) is 3.01. The van der Waals surface area contributed by atoms with E-state index < -0.39 is 0 Å². The van der Waals surface area contributed by atoms with E-state index in [4.69, 9.17) is 11.6 Å². The van der Waals surface area contributed by atoms with Crippen molar-refractivity contribution in [2.24, 2.45) is 0 Å². The maximum atomic E-state index is 13.1. The van der Waals surface area contributed by atoms with Gasteiger partial charge in [0.05, 0.1) is 12.1 Å². The predicted octanol–water partition coefficient (Wildman–Crippen LogP) is 5.10. The summed E-state index contributed by atoms with van der Waals surface area (Å²) in [6.07, 6.45) is 0. The highest BCUT2D eigenvalue weighted by molar-refractivity contribution is 7.98. The van der Waals surface area contributed by atoms with Crippen LogP contribution in [0.5, 0.6) is 0 Å². The number of aromatic nitrogens is 4. The highest BCUT2D eigenvalue weighted by atomic mass is 35.5. The molecule has 3 aromatic heterocycles. The molecule has 0 atom stereocenters. The third-order valence-electron chi connectivity index (χ3n) is 4.65. The van der Waals surface area contributed by atoms with Crippen LogP contribution < -0.4 is 5.56 Å². The number of thioether (sulfide) groups is 1. The first kappa shape index (κ1) is 18.4. The third-order valence-corrected chi connectivity index (χ3v) is 6.79. The molecule has 5 aromatic rings. The average Bonchev–Trinajstić information content (AvgIpc) is 3.38. The van der Waals surface area contributed by atoms with Crippen molar-refractivity contribution in [3.05, 3.63) is 92.5 Å². The number of thiophene rings is 1. The molecule has 0 spiro atoms. The molecule has 0 N–H and O–H groups in total. The van der Waals surface area contributed by atoms with E-state index in [1.165, 1.54) is 11.3 Å². The van der Waals surface area contributed by atoms with Crippen molar-refractivity contribution >= 4 is 50.7 Å². The van der Waals surface area contributed by atoms with Gasteiger partial charge >= 0.3 is 0 Å². The van der Waals surface area contributed by atoms with Crippen molar-refractivity contribution in [2.75, 3.05) is 0 Å². The van der Waals surface area contributed by atoms with Gasteiger partial charge in [0.2, 0.25) is 5.78 Å². The Bertz CT molecular complexity index is 1360. The average molecular weight is 439 g/mol. The molecule has 0 aliphatic heterocycles. The lowest BCUT2D eigenvalue weighted by atomic mass is 10.2. The fourth-order valence-corrected chi connectivity index (χ4v) is 5.08. The van der Waals surface area contributed by atoms with Gasteiger partial charge in [-0.15, -0.1) is 21.5 Å². The normalized spacial score (nSPS) is 11.5. The first-order valence-corrected chi connectivity index (χ1v) is 11.2. The Morgan fingerprint density at radius 3 is 2.55 bits per heavy atom. The quantitative estimate of drug-likeness (QED) is 0.358. The number of hydrogen-bond donors (Lipinski definition) is 0. The molecular formula is C21H15ClN4OS2. The van der Waals surface area contributed by atoms with E-state index in [0.29, 0.717) is 17.0 Å². The van der Waals surface area contributed by atoms with E-state index in [1.807, 2.05) is 70.4 Å². The fraction of sp³-hybridized carbons (Fsp3) is 0.0952. The highest BCUT2D eigenvalue weighted by Gasteiger charge is 2.18. The van der Waals surface area contributed by atoms with Crippen LogP contribution in [-0.2, 0) is 12.3 Å². The molecule has 3 heterocycles. The number of nitrogens with zero attached hydrogens (tertiary/aromatic N) is 4. The molecule has 0 aliphatic rings. The molecule has 0 amide bonds. The lowest BCUT2D eigenvalue weighted by Gasteiger charge is -2.09. The molecule has 5 nitrogen and oxygen atoms in total. The summed E-state index contributed by atoms with van der Waals surface area (Å²) in [5, 5.41) is 12.2. The van der Waals surface area contributed by atoms with Crippen molar-refractivity contribution in [1.82, 2.24) is 19.2 Å². The zero-order valence-corrected chi connectivity index (χ0v) is 17.5. The summed E-state index contributed by atoms with van der Waals surface area (Å²) in [6.45, 7) is 0.455. The van der Waals surface area contributed by atoms with Crippen LogP contribution in [0.2, 0.25) is 5.02 Å². The van der Waals surface area contributed by atoms with Gasteiger partial charge in [-0.25, -0.2) is 0 Å². The van der Waals surface area contributed by atoms with Crippen LogP contribution in [0.3, 0.4) is 0 Å². The smallest absolute Gasteiger partial charge is 0.271 e. The van der Waals surface area contributed by atoms with Crippen LogP contribution in [-0.4, -0.2) is 19.2 Å². The second-order valence-corrected chi connectivity index (χ2v) is 8.84. The molecule has 2 aromatic carbocycles. The summed E-state index contributed by atoms with van der Waals surface area (Å²) < 4.78 is 4.39. The summed E-state index contributed by atoms with van der Waals surface area (Å²) >= 11 is 9.01. The molecule has 0 aliphatic carbocycles. The number of benzene rings is 2. The Labute approximate surface area is 179 Å². The molecule has 29 heavy (non-hydrogen) atoms. The van der Waals surface area contributed by atoms with E-state index in [2.05, 4.69) is 10.2 Å². The monoisotopic (exact) mass is 438 g/mol. The maximum absolute atomic E-state index is 13.1. The topological polar surface area (TPSA) is 52.2 Å². The standard InChI is InChI=1S/C21H15ClN4OS2/c22-16-8-6-15(7-9-16)13-29-21-24-23-20-25(12-14-4-2-1-3-5-14)19(27)18-17(26(20)21)10-11-28-18/h1-11H,12-13H2. The Hall–Kier alpha value is -2.61. The van der Waals surface area contributed by atoms with Crippen molar-refractivity contribution in [1.29, 1.82) is 0 Å². The van der Waals surface area contributed by atoms with Crippen molar-refractivity contribution < 1.29 is 0 Å². The Morgan fingerprint density at radius 1 is 0.966 bits per heavy atom. The molecule has 0 saturated carbocycles. The summed E-state index contributed by atoms with van der Waals surface area (Å²) in [5.74, 6) is 1.30. The Morgan fingerprint density at radius 2 is 1.76 bits per heavy atom. The van der Waals surface area contributed by atoms with Gasteiger partial charge in [0, 0.05) is 10.8 Å². The van der Waals surface area contributed by atoms with Crippen LogP contribution in [0.1, 0.15) is 11.1 Å². The first-order chi connectivity index (χ1) is 14.2. The molecule has 0 fully saturated rings. The SMILES string of the molecule is O=c1c2sccc2n2c(SCc3ccc(Cl)cc3)nnc2n1Cc1ccccc1. The van der Waals surface area contributed by atoms with Gasteiger partial charge < -0.3 is 0 Å². The fourth-order valence-electron chi connectivity index (χ4n) is 3.23. The van der Waals surface area contributed by atoms with Crippen molar-refractivity contribution in [3.8, 4) is 0 Å². The van der Waals surface area contributed by atoms with Crippen LogP contribution in [0, 0.1) is 0 Å². The molecule has 0 radical (unpaired) electrons. The van der Waals surface area contributed by atoms with Crippen LogP contribution in [0.25, 0.3) is 16.0 Å². The molecular weight excluding hydrogens is 424 g/mol. The van der Waals surface area contributed by atoms with Crippen LogP contribution in [0.4, 0.5) is 0 Å². The van der Waals surface area contributed by atoms with E-state index in [9.17, 15) is 4.79 Å². The van der Waals surface area contributed by atoms with Gasteiger partial charge in [-0.1, -0.05) is 65.8 Å². The van der Waals surface area contributed by atoms with E-state index in [-0.39, 0.29) is 5.56 Å². The molecule has 0 saturated heterocycles. The second kappa shape index (κ2) is 7.67. The largest absolute Gasteiger partial charge is 0.273 e. The minimum Gasteiger partial charge on any atom is -0.271 e. The molecule has 5 rings (SSSR count). The Balaban J connectivity index is 1.60. The van der Waals surface area contributed by atoms with Gasteiger partial charge in [0.25, 0.3) is 5.56 Å². The van der Waals surface area contributed by atoms with Gasteiger partial charge in [0.1, 0.15) is 4.70 Å². The number of hydrogen-bond acceptors (Lipinski definition) is 5. The van der Waals surface area contributed by atoms with Gasteiger partial charge in [0.15, 0.2) is 5.16 Å². The predicted molar refractivity (Wildman–Crippen MR) is 119 cm³/mol. The van der Waals surface area contributed by atoms with Crippen LogP contribution in [0.15, 0.2) is 76.0 Å². The van der Waals surface area contributed by atoms with Gasteiger partial charge in [-0.3, -0.25) is 13.8 Å². The zero-order valence-electron chi connectivity index (χ0n) is 15.2. The lowest BCUT2D eigenvalue weighted by Crippen LogP contribution is -2.23. The maximum Gasteiger partial charge on any atom is 0.273 e. The summed E-state index contributed by atoms with van der Waals surface area (Å²) in [4.78, 5) is 13.1. The van der Waals surface area contributed by atoms with Gasteiger partial charge in [-0.05, 0) is 34.7 Å². The lowest BCUT2D eigenvalue weighted by molar-refractivity contribution is 0.765. The number of fused-ring (bicyclic) bond motifs is 3. The zero-order chi connectivity index (χ0) is 19.8. The van der Waals surface area contributed by atoms with E-state index in [1.54, 1.807) is 16.3 Å². The molecule has 0 unspecified atom stereocenters. The van der Waals surface area contributed by atoms with Crippen LogP contribution >= 0.6 is 34.7 Å². The summed E-state index contributed by atoms with van der Waals surface area (Å²) in [6, 6.07) is 19.7. The Kier molecular flexibility index (Phi) is 4.87. The van der Waals surface area contributed by atoms with Gasteiger partial charge in [-0.2, -0.15) is 0 Å². The second-order valence-electron chi connectivity index (χ2n) is 6.54. The molecule has 8 heteroatoms. The van der Waals surface area contributed by atoms with Crippen molar-refractivity contribution in [3.63, 3.8) is 0 Å². The minimum absolute atomic E-state index is 0.0343. The molecule has 0 bridgehead atoms. The first-order valence-electron chi connectivity index (χ1n) is 8.97. The molecule has 144 valence electrons. The number of rotatable bonds is 5. The van der Waals surface area contributed by atoms with Crippen molar-refractivity contribution in [2.45, 2.75) is 17.5 Å². The summed E-state index contributed by atoms with van der Waals surface area (Å²) in [7, 11) is 0. The van der Waals surface area contributed by atoms with E-state index in [0.717, 1.165) is 32.6 Å². The third kappa shape index (κ3) is 3.46. The minimum atomic E-state index is -0.0343. The highest BCUT2D eigenvalue weighted by Crippen LogP contribution is 2.27. The number of halogens is 1.